The number of aryl methyl sites for hydroxylation is 1. The summed E-state index contributed by atoms with van der Waals surface area (Å²) in [5, 5.41) is 2.53. The molecule has 1 aromatic carbocycles. The minimum atomic E-state index is -0.565. The van der Waals surface area contributed by atoms with E-state index in [1.165, 1.54) is 0 Å². The van der Waals surface area contributed by atoms with Crippen LogP contribution in [0, 0.1) is 12.3 Å². The maximum atomic E-state index is 11.7. The number of benzene rings is 1. The highest BCUT2D eigenvalue weighted by atomic mass is 16.6. The molecule has 1 N–H and O–H groups in total. The van der Waals surface area contributed by atoms with E-state index in [1.54, 1.807) is 12.1 Å². The van der Waals surface area contributed by atoms with E-state index in [4.69, 9.17) is 9.47 Å². The van der Waals surface area contributed by atoms with Crippen molar-refractivity contribution in [1.29, 1.82) is 0 Å². The zero-order valence-corrected chi connectivity index (χ0v) is 13.1. The Morgan fingerprint density at radius 3 is 2.38 bits per heavy atom. The van der Waals surface area contributed by atoms with Crippen molar-refractivity contribution in [2.45, 2.75) is 34.1 Å². The molecule has 1 aromatic rings. The van der Waals surface area contributed by atoms with Crippen molar-refractivity contribution >= 4 is 12.1 Å². The number of hydrogen-bond acceptors (Lipinski definition) is 4. The van der Waals surface area contributed by atoms with Crippen molar-refractivity contribution in [1.82, 2.24) is 5.32 Å². The third-order valence-electron chi connectivity index (χ3n) is 3.27. The lowest BCUT2D eigenvalue weighted by Gasteiger charge is -2.20. The normalized spacial score (nSPS) is 10.9. The van der Waals surface area contributed by atoms with Gasteiger partial charge in [-0.05, 0) is 39.3 Å². The number of hydrogen-bond donors (Lipinski definition) is 1. The van der Waals surface area contributed by atoms with E-state index in [0.717, 1.165) is 5.56 Å². The summed E-state index contributed by atoms with van der Waals surface area (Å²) >= 11 is 0. The summed E-state index contributed by atoms with van der Waals surface area (Å²) in [6, 6.07) is 7.16. The highest BCUT2D eigenvalue weighted by Crippen LogP contribution is 2.21. The van der Waals surface area contributed by atoms with Gasteiger partial charge in [-0.15, -0.1) is 0 Å². The molecule has 0 spiro atoms. The highest BCUT2D eigenvalue weighted by Gasteiger charge is 2.26. The smallest absolute Gasteiger partial charge is 0.412 e. The van der Waals surface area contributed by atoms with Gasteiger partial charge in [-0.1, -0.05) is 24.6 Å². The van der Waals surface area contributed by atoms with E-state index in [9.17, 15) is 9.59 Å². The second-order valence-electron chi connectivity index (χ2n) is 5.50. The summed E-state index contributed by atoms with van der Waals surface area (Å²) in [5.74, 6) is 0.209. The van der Waals surface area contributed by atoms with Crippen molar-refractivity contribution in [3.05, 3.63) is 29.8 Å². The van der Waals surface area contributed by atoms with Gasteiger partial charge in [-0.25, -0.2) is 4.79 Å². The monoisotopic (exact) mass is 293 g/mol. The van der Waals surface area contributed by atoms with Crippen molar-refractivity contribution in [2.75, 3.05) is 13.2 Å². The summed E-state index contributed by atoms with van der Waals surface area (Å²) in [6.07, 6.45) is 0.138. The Hall–Kier alpha value is -2.04. The lowest BCUT2D eigenvalue weighted by atomic mass is 9.91. The van der Waals surface area contributed by atoms with Crippen LogP contribution in [0.1, 0.15) is 32.8 Å². The van der Waals surface area contributed by atoms with E-state index in [2.05, 4.69) is 5.32 Å². The fraction of sp³-hybridized carbons (Fsp3) is 0.500. The van der Waals surface area contributed by atoms with Gasteiger partial charge < -0.3 is 14.8 Å². The molecule has 0 unspecified atom stereocenters. The zero-order chi connectivity index (χ0) is 15.9. The van der Waals surface area contributed by atoms with Crippen LogP contribution in [-0.2, 0) is 9.53 Å². The van der Waals surface area contributed by atoms with Gasteiger partial charge in [0.2, 0.25) is 0 Å². The topological polar surface area (TPSA) is 64.6 Å². The highest BCUT2D eigenvalue weighted by molar-refractivity contribution is 5.75. The fourth-order valence-corrected chi connectivity index (χ4v) is 1.39. The summed E-state index contributed by atoms with van der Waals surface area (Å²) < 4.78 is 10.2. The molecule has 0 radical (unpaired) electrons. The standard InChI is InChI=1S/C16H23NO4/c1-5-16(3,4)14(18)20-11-10-17-15(19)21-13-8-6-12(2)7-9-13/h6-9H,5,10-11H2,1-4H3,(H,17,19). The predicted octanol–water partition coefficient (Wildman–Crippen LogP) is 3.06. The van der Waals surface area contributed by atoms with Gasteiger partial charge in [-0.3, -0.25) is 4.79 Å². The minimum Gasteiger partial charge on any atom is -0.463 e. The van der Waals surface area contributed by atoms with Gasteiger partial charge in [-0.2, -0.15) is 0 Å². The predicted molar refractivity (Wildman–Crippen MR) is 80.2 cm³/mol. The van der Waals surface area contributed by atoms with Crippen LogP contribution in [0.15, 0.2) is 24.3 Å². The van der Waals surface area contributed by atoms with Crippen molar-refractivity contribution in [3.8, 4) is 5.75 Å². The summed E-state index contributed by atoms with van der Waals surface area (Å²) in [7, 11) is 0. The van der Waals surface area contributed by atoms with E-state index in [-0.39, 0.29) is 19.1 Å². The molecule has 0 saturated heterocycles. The van der Waals surface area contributed by atoms with Crippen molar-refractivity contribution < 1.29 is 19.1 Å². The molecular formula is C16H23NO4. The molecule has 0 bridgehead atoms. The first-order chi connectivity index (χ1) is 9.85. The molecule has 116 valence electrons. The number of amides is 1. The first kappa shape index (κ1) is 17.0. The number of carbonyl (C=O) groups is 2. The van der Waals surface area contributed by atoms with Crippen LogP contribution in [0.2, 0.25) is 0 Å². The van der Waals surface area contributed by atoms with Gasteiger partial charge in [0.05, 0.1) is 12.0 Å². The molecule has 0 saturated carbocycles. The largest absolute Gasteiger partial charge is 0.463 e. The van der Waals surface area contributed by atoms with Crippen LogP contribution in [0.5, 0.6) is 5.75 Å². The van der Waals surface area contributed by atoms with Gasteiger partial charge >= 0.3 is 12.1 Å². The van der Waals surface area contributed by atoms with Crippen LogP contribution in [0.25, 0.3) is 0 Å². The molecule has 5 nitrogen and oxygen atoms in total. The first-order valence-electron chi connectivity index (χ1n) is 7.04. The Labute approximate surface area is 125 Å². The first-order valence-corrected chi connectivity index (χ1v) is 7.04. The Morgan fingerprint density at radius 1 is 1.19 bits per heavy atom. The van der Waals surface area contributed by atoms with Gasteiger partial charge in [0.25, 0.3) is 0 Å². The summed E-state index contributed by atoms with van der Waals surface area (Å²) in [4.78, 5) is 23.2. The average molecular weight is 293 g/mol. The second-order valence-corrected chi connectivity index (χ2v) is 5.50. The third-order valence-corrected chi connectivity index (χ3v) is 3.27. The number of ether oxygens (including phenoxy) is 2. The Balaban J connectivity index is 2.25. The fourth-order valence-electron chi connectivity index (χ4n) is 1.39. The SMILES string of the molecule is CCC(C)(C)C(=O)OCCNC(=O)Oc1ccc(C)cc1. The van der Waals surface area contributed by atoms with Gasteiger partial charge in [0.15, 0.2) is 0 Å². The molecule has 0 aliphatic carbocycles. The molecule has 0 aliphatic rings. The Kier molecular flexibility index (Phi) is 6.21. The molecule has 1 rings (SSSR count). The number of nitrogens with one attached hydrogen (secondary N) is 1. The quantitative estimate of drug-likeness (QED) is 0.646. The van der Waals surface area contributed by atoms with Crippen LogP contribution in [-0.4, -0.2) is 25.2 Å². The van der Waals surface area contributed by atoms with Crippen molar-refractivity contribution in [2.24, 2.45) is 5.41 Å². The zero-order valence-electron chi connectivity index (χ0n) is 13.1. The van der Waals surface area contributed by atoms with Gasteiger partial charge in [0, 0.05) is 0 Å². The number of carbonyl (C=O) groups excluding carboxylic acids is 2. The number of rotatable bonds is 6. The molecule has 5 heteroatoms. The van der Waals surface area contributed by atoms with E-state index < -0.39 is 11.5 Å². The number of esters is 1. The van der Waals surface area contributed by atoms with Crippen LogP contribution in [0.4, 0.5) is 4.79 Å². The van der Waals surface area contributed by atoms with Crippen molar-refractivity contribution in [3.63, 3.8) is 0 Å². The van der Waals surface area contributed by atoms with E-state index in [1.807, 2.05) is 39.8 Å². The molecule has 0 heterocycles. The van der Waals surface area contributed by atoms with E-state index >= 15 is 0 Å². The molecule has 21 heavy (non-hydrogen) atoms. The molecular weight excluding hydrogens is 270 g/mol. The van der Waals surface area contributed by atoms with Crippen LogP contribution in [0.3, 0.4) is 0 Å². The maximum Gasteiger partial charge on any atom is 0.412 e. The molecule has 1 amide bonds. The average Bonchev–Trinajstić information content (AvgIpc) is 2.45. The minimum absolute atomic E-state index is 0.130. The van der Waals surface area contributed by atoms with E-state index in [0.29, 0.717) is 12.2 Å². The molecule has 0 fully saturated rings. The maximum absolute atomic E-state index is 11.7. The Morgan fingerprint density at radius 2 is 1.81 bits per heavy atom. The summed E-state index contributed by atoms with van der Waals surface area (Å²) in [6.45, 7) is 7.89. The van der Waals surface area contributed by atoms with Gasteiger partial charge in [0.1, 0.15) is 12.4 Å². The third kappa shape index (κ3) is 5.85. The lowest BCUT2D eigenvalue weighted by Crippen LogP contribution is -2.33. The van der Waals surface area contributed by atoms with Crippen LogP contribution < -0.4 is 10.1 Å². The molecule has 0 aliphatic heterocycles. The molecule has 0 aromatic heterocycles. The second kappa shape index (κ2) is 7.67. The Bertz CT molecular complexity index is 480. The molecule has 0 atom stereocenters. The summed E-state index contributed by atoms with van der Waals surface area (Å²) in [5.41, 5.74) is 0.593. The van der Waals surface area contributed by atoms with Crippen LogP contribution >= 0.6 is 0 Å². The lowest BCUT2D eigenvalue weighted by molar-refractivity contribution is -0.153.